The molecule has 4 rings (SSSR count). The number of hydrogen-bond donors (Lipinski definition) is 1. The fraction of sp³-hybridized carbons (Fsp3) is 0.500. The van der Waals surface area contributed by atoms with Crippen molar-refractivity contribution in [3.8, 4) is 0 Å². The lowest BCUT2D eigenvalue weighted by atomic mass is 9.75. The van der Waals surface area contributed by atoms with Gasteiger partial charge in [0.1, 0.15) is 0 Å². The SMILES string of the molecule is Cc1cc2cc(C3CC(N)C3)cc3c2n1CCC3. The summed E-state index contributed by atoms with van der Waals surface area (Å²) in [5.41, 5.74) is 11.9. The van der Waals surface area contributed by atoms with Gasteiger partial charge in [-0.1, -0.05) is 6.07 Å². The summed E-state index contributed by atoms with van der Waals surface area (Å²) in [6.07, 6.45) is 4.87. The summed E-state index contributed by atoms with van der Waals surface area (Å²) in [4.78, 5) is 0. The third kappa shape index (κ3) is 1.39. The predicted octanol–water partition coefficient (Wildman–Crippen LogP) is 3.10. The van der Waals surface area contributed by atoms with Gasteiger partial charge in [0.15, 0.2) is 0 Å². The Morgan fingerprint density at radius 2 is 2.06 bits per heavy atom. The van der Waals surface area contributed by atoms with Crippen molar-refractivity contribution in [3.05, 3.63) is 35.0 Å². The molecule has 94 valence electrons. The average molecular weight is 240 g/mol. The average Bonchev–Trinajstić information content (AvgIpc) is 2.64. The van der Waals surface area contributed by atoms with Gasteiger partial charge in [-0.25, -0.2) is 0 Å². The molecule has 18 heavy (non-hydrogen) atoms. The lowest BCUT2D eigenvalue weighted by Crippen LogP contribution is -2.34. The van der Waals surface area contributed by atoms with Gasteiger partial charge in [-0.05, 0) is 61.8 Å². The molecule has 1 aliphatic heterocycles. The molecule has 1 aromatic heterocycles. The minimum absolute atomic E-state index is 0.438. The van der Waals surface area contributed by atoms with Crippen LogP contribution < -0.4 is 5.73 Å². The van der Waals surface area contributed by atoms with Crippen LogP contribution in [-0.4, -0.2) is 10.6 Å². The van der Waals surface area contributed by atoms with E-state index < -0.39 is 0 Å². The molecule has 1 fully saturated rings. The summed E-state index contributed by atoms with van der Waals surface area (Å²) < 4.78 is 2.49. The van der Waals surface area contributed by atoms with E-state index in [4.69, 9.17) is 5.73 Å². The first-order valence-electron chi connectivity index (χ1n) is 7.10. The quantitative estimate of drug-likeness (QED) is 0.816. The van der Waals surface area contributed by atoms with E-state index in [2.05, 4.69) is 29.7 Å². The highest BCUT2D eigenvalue weighted by Crippen LogP contribution is 2.39. The van der Waals surface area contributed by atoms with E-state index in [-0.39, 0.29) is 0 Å². The Morgan fingerprint density at radius 1 is 1.22 bits per heavy atom. The maximum Gasteiger partial charge on any atom is 0.0515 e. The molecule has 0 atom stereocenters. The first-order chi connectivity index (χ1) is 8.72. The van der Waals surface area contributed by atoms with Crippen molar-refractivity contribution in [1.82, 2.24) is 4.57 Å². The molecular formula is C16H20N2. The first-order valence-corrected chi connectivity index (χ1v) is 7.10. The summed E-state index contributed by atoms with van der Waals surface area (Å²) in [5, 5.41) is 1.44. The molecular weight excluding hydrogens is 220 g/mol. The van der Waals surface area contributed by atoms with Crippen LogP contribution in [-0.2, 0) is 13.0 Å². The van der Waals surface area contributed by atoms with Gasteiger partial charge in [0.05, 0.1) is 5.52 Å². The zero-order valence-corrected chi connectivity index (χ0v) is 10.9. The second-order valence-corrected chi connectivity index (χ2v) is 6.09. The van der Waals surface area contributed by atoms with Crippen LogP contribution in [0.15, 0.2) is 18.2 Å². The third-order valence-corrected chi connectivity index (χ3v) is 4.77. The third-order valence-electron chi connectivity index (χ3n) is 4.77. The van der Waals surface area contributed by atoms with Crippen molar-refractivity contribution in [1.29, 1.82) is 0 Å². The van der Waals surface area contributed by atoms with Crippen LogP contribution in [0.5, 0.6) is 0 Å². The van der Waals surface area contributed by atoms with Gasteiger partial charge in [-0.3, -0.25) is 0 Å². The summed E-state index contributed by atoms with van der Waals surface area (Å²) in [6.45, 7) is 3.42. The molecule has 0 spiro atoms. The van der Waals surface area contributed by atoms with Crippen LogP contribution in [0.1, 0.15) is 42.0 Å². The van der Waals surface area contributed by atoms with E-state index in [0.717, 1.165) is 0 Å². The standard InChI is InChI=1S/C16H20N2/c1-10-5-14-7-12(13-8-15(17)9-13)6-11-3-2-4-18(10)16(11)14/h5-7,13,15H,2-4,8-9,17H2,1H3. The Kier molecular flexibility index (Phi) is 2.13. The fourth-order valence-electron chi connectivity index (χ4n) is 3.74. The van der Waals surface area contributed by atoms with E-state index in [1.54, 1.807) is 5.56 Å². The largest absolute Gasteiger partial charge is 0.345 e. The molecule has 1 aliphatic carbocycles. The van der Waals surface area contributed by atoms with Gasteiger partial charge in [0, 0.05) is 23.7 Å². The minimum Gasteiger partial charge on any atom is -0.345 e. The Bertz CT molecular complexity index is 618. The van der Waals surface area contributed by atoms with E-state index >= 15 is 0 Å². The van der Waals surface area contributed by atoms with Crippen LogP contribution >= 0.6 is 0 Å². The maximum absolute atomic E-state index is 5.92. The zero-order valence-electron chi connectivity index (χ0n) is 10.9. The van der Waals surface area contributed by atoms with Gasteiger partial charge in [-0.2, -0.15) is 0 Å². The molecule has 1 saturated carbocycles. The molecule has 0 radical (unpaired) electrons. The molecule has 2 aromatic rings. The summed E-state index contributed by atoms with van der Waals surface area (Å²) in [7, 11) is 0. The van der Waals surface area contributed by atoms with E-state index in [9.17, 15) is 0 Å². The highest BCUT2D eigenvalue weighted by molar-refractivity contribution is 5.86. The molecule has 0 unspecified atom stereocenters. The van der Waals surface area contributed by atoms with Crippen LogP contribution in [0.3, 0.4) is 0 Å². The van der Waals surface area contributed by atoms with Crippen molar-refractivity contribution >= 4 is 10.9 Å². The van der Waals surface area contributed by atoms with Crippen LogP contribution in [0, 0.1) is 6.92 Å². The number of aromatic nitrogens is 1. The first kappa shape index (κ1) is 10.6. The van der Waals surface area contributed by atoms with E-state index in [1.165, 1.54) is 54.4 Å². The monoisotopic (exact) mass is 240 g/mol. The molecule has 0 saturated heterocycles. The van der Waals surface area contributed by atoms with Crippen LogP contribution in [0.2, 0.25) is 0 Å². The van der Waals surface area contributed by atoms with Gasteiger partial charge < -0.3 is 10.3 Å². The van der Waals surface area contributed by atoms with E-state index in [1.807, 2.05) is 0 Å². The molecule has 0 amide bonds. The normalized spacial score (nSPS) is 26.3. The topological polar surface area (TPSA) is 30.9 Å². The number of hydrogen-bond acceptors (Lipinski definition) is 1. The van der Waals surface area contributed by atoms with Crippen molar-refractivity contribution in [2.45, 2.75) is 51.1 Å². The van der Waals surface area contributed by atoms with Crippen LogP contribution in [0.25, 0.3) is 10.9 Å². The number of rotatable bonds is 1. The van der Waals surface area contributed by atoms with Crippen LogP contribution in [0.4, 0.5) is 0 Å². The molecule has 2 N–H and O–H groups in total. The Balaban J connectivity index is 1.88. The number of benzene rings is 1. The van der Waals surface area contributed by atoms with Crippen molar-refractivity contribution < 1.29 is 0 Å². The lowest BCUT2D eigenvalue weighted by molar-refractivity contribution is 0.351. The van der Waals surface area contributed by atoms with Gasteiger partial charge in [0.25, 0.3) is 0 Å². The number of nitrogens with two attached hydrogens (primary N) is 1. The molecule has 2 heterocycles. The van der Waals surface area contributed by atoms with E-state index in [0.29, 0.717) is 12.0 Å². The second kappa shape index (κ2) is 3.61. The predicted molar refractivity (Wildman–Crippen MR) is 74.9 cm³/mol. The second-order valence-electron chi connectivity index (χ2n) is 6.09. The van der Waals surface area contributed by atoms with Gasteiger partial charge >= 0.3 is 0 Å². The van der Waals surface area contributed by atoms with Gasteiger partial charge in [-0.15, -0.1) is 0 Å². The molecule has 2 aliphatic rings. The molecule has 2 heteroatoms. The lowest BCUT2D eigenvalue weighted by Gasteiger charge is -2.33. The zero-order chi connectivity index (χ0) is 12.3. The molecule has 2 nitrogen and oxygen atoms in total. The number of aryl methyl sites for hydroxylation is 3. The number of nitrogens with zero attached hydrogens (tertiary/aromatic N) is 1. The Morgan fingerprint density at radius 3 is 2.83 bits per heavy atom. The summed E-state index contributed by atoms with van der Waals surface area (Å²) in [6, 6.07) is 7.65. The summed E-state index contributed by atoms with van der Waals surface area (Å²) in [5.74, 6) is 0.714. The Hall–Kier alpha value is -1.28. The highest BCUT2D eigenvalue weighted by atomic mass is 15.0. The van der Waals surface area contributed by atoms with Gasteiger partial charge in [0.2, 0.25) is 0 Å². The molecule has 1 aromatic carbocycles. The van der Waals surface area contributed by atoms with Crippen molar-refractivity contribution in [2.24, 2.45) is 5.73 Å². The smallest absolute Gasteiger partial charge is 0.0515 e. The minimum atomic E-state index is 0.438. The highest BCUT2D eigenvalue weighted by Gasteiger charge is 2.28. The van der Waals surface area contributed by atoms with Crippen molar-refractivity contribution in [3.63, 3.8) is 0 Å². The fourth-order valence-corrected chi connectivity index (χ4v) is 3.74. The summed E-state index contributed by atoms with van der Waals surface area (Å²) >= 11 is 0. The maximum atomic E-state index is 5.92. The molecule has 0 bridgehead atoms. The van der Waals surface area contributed by atoms with Crippen molar-refractivity contribution in [2.75, 3.05) is 0 Å². The Labute approximate surface area is 108 Å².